The quantitative estimate of drug-likeness (QED) is 0.867. The second kappa shape index (κ2) is 5.35. The molecule has 4 heterocycles. The van der Waals surface area contributed by atoms with Gasteiger partial charge in [0.05, 0.1) is 6.04 Å². The van der Waals surface area contributed by atoms with Gasteiger partial charge in [0.1, 0.15) is 0 Å². The van der Waals surface area contributed by atoms with Gasteiger partial charge in [-0.1, -0.05) is 6.42 Å². The summed E-state index contributed by atoms with van der Waals surface area (Å²) < 4.78 is 2.97. The number of aromatic amines is 1. The summed E-state index contributed by atoms with van der Waals surface area (Å²) >= 11 is 5.51. The Hall–Kier alpha value is -1.53. The number of hydrogen-bond acceptors (Lipinski definition) is 4. The first-order valence-electron chi connectivity index (χ1n) is 7.66. The van der Waals surface area contributed by atoms with Gasteiger partial charge in [0.15, 0.2) is 10.6 Å². The molecule has 1 N–H and O–H groups in total. The van der Waals surface area contributed by atoms with Crippen molar-refractivity contribution in [1.29, 1.82) is 0 Å². The Morgan fingerprint density at radius 2 is 1.95 bits per heavy atom. The Morgan fingerprint density at radius 3 is 2.81 bits per heavy atom. The lowest BCUT2D eigenvalue weighted by Gasteiger charge is -2.33. The molecule has 2 fully saturated rings. The molecule has 2 aromatic rings. The molecule has 0 aliphatic carbocycles. The average Bonchev–Trinajstić information content (AvgIpc) is 3.11. The molecule has 110 valence electrons. The van der Waals surface area contributed by atoms with Crippen LogP contribution >= 0.6 is 12.2 Å². The lowest BCUT2D eigenvalue weighted by atomic mass is 9.98. The van der Waals surface area contributed by atoms with Crippen molar-refractivity contribution >= 4 is 12.2 Å². The van der Waals surface area contributed by atoms with Gasteiger partial charge in [-0.2, -0.15) is 5.10 Å². The van der Waals surface area contributed by atoms with Crippen molar-refractivity contribution in [3.8, 4) is 11.4 Å². The van der Waals surface area contributed by atoms with E-state index in [9.17, 15) is 0 Å². The largest absolute Gasteiger partial charge is 0.298 e. The smallest absolute Gasteiger partial charge is 0.195 e. The maximum atomic E-state index is 5.51. The summed E-state index contributed by atoms with van der Waals surface area (Å²) in [5.41, 5.74) is 1.08. The molecular weight excluding hydrogens is 282 g/mol. The molecule has 21 heavy (non-hydrogen) atoms. The van der Waals surface area contributed by atoms with E-state index < -0.39 is 0 Å². The molecule has 2 saturated heterocycles. The highest BCUT2D eigenvalue weighted by atomic mass is 32.1. The molecular formula is C15H19N5S. The van der Waals surface area contributed by atoms with E-state index in [1.54, 1.807) is 12.4 Å². The highest BCUT2D eigenvalue weighted by Crippen LogP contribution is 2.37. The van der Waals surface area contributed by atoms with Gasteiger partial charge in [0, 0.05) is 30.5 Å². The molecule has 0 amide bonds. The molecule has 0 bridgehead atoms. The normalized spacial score (nSPS) is 25.9. The minimum Gasteiger partial charge on any atom is -0.298 e. The number of aromatic nitrogens is 4. The van der Waals surface area contributed by atoms with Crippen molar-refractivity contribution in [2.75, 3.05) is 13.1 Å². The van der Waals surface area contributed by atoms with Crippen LogP contribution in [0.5, 0.6) is 0 Å². The Labute approximate surface area is 129 Å². The molecule has 0 radical (unpaired) electrons. The Morgan fingerprint density at radius 1 is 1.10 bits per heavy atom. The van der Waals surface area contributed by atoms with Crippen LogP contribution in [-0.2, 0) is 0 Å². The Bertz CT molecular complexity index is 677. The number of nitrogens with one attached hydrogen (secondary N) is 1. The molecule has 2 atom stereocenters. The zero-order chi connectivity index (χ0) is 14.2. The van der Waals surface area contributed by atoms with E-state index in [2.05, 4.69) is 24.6 Å². The Balaban J connectivity index is 1.76. The third-order valence-electron chi connectivity index (χ3n) is 4.80. The lowest BCUT2D eigenvalue weighted by Crippen LogP contribution is -2.37. The first kappa shape index (κ1) is 13.2. The van der Waals surface area contributed by atoms with E-state index in [-0.39, 0.29) is 0 Å². The van der Waals surface area contributed by atoms with Crippen molar-refractivity contribution < 1.29 is 0 Å². The van der Waals surface area contributed by atoms with Gasteiger partial charge in [0.2, 0.25) is 0 Å². The fourth-order valence-corrected chi connectivity index (χ4v) is 4.11. The first-order valence-corrected chi connectivity index (χ1v) is 8.07. The number of pyridine rings is 1. The van der Waals surface area contributed by atoms with Crippen LogP contribution in [0.25, 0.3) is 11.4 Å². The topological polar surface area (TPSA) is 49.7 Å². The fraction of sp³-hybridized carbons (Fsp3) is 0.533. The van der Waals surface area contributed by atoms with Crippen molar-refractivity contribution in [3.63, 3.8) is 0 Å². The summed E-state index contributed by atoms with van der Waals surface area (Å²) in [7, 11) is 0. The van der Waals surface area contributed by atoms with Crippen LogP contribution in [0.2, 0.25) is 0 Å². The zero-order valence-corrected chi connectivity index (χ0v) is 12.7. The summed E-state index contributed by atoms with van der Waals surface area (Å²) in [6.45, 7) is 2.41. The summed E-state index contributed by atoms with van der Waals surface area (Å²) in [4.78, 5) is 6.71. The van der Waals surface area contributed by atoms with E-state index >= 15 is 0 Å². The molecule has 6 heteroatoms. The molecule has 4 rings (SSSR count). The summed E-state index contributed by atoms with van der Waals surface area (Å²) in [5, 5.41) is 7.45. The van der Waals surface area contributed by atoms with Gasteiger partial charge < -0.3 is 0 Å². The van der Waals surface area contributed by atoms with Crippen molar-refractivity contribution in [3.05, 3.63) is 29.3 Å². The van der Waals surface area contributed by atoms with Crippen molar-refractivity contribution in [1.82, 2.24) is 24.6 Å². The van der Waals surface area contributed by atoms with E-state index in [1.807, 2.05) is 12.1 Å². The standard InChI is InChI=1S/C15H19N5S/c21-15-18-17-14(11-4-7-16-8-5-11)20(15)13-6-10-19-9-2-1-3-12(13)19/h4-5,7-8,12-13H,1-3,6,9-10H2,(H,18,21). The zero-order valence-electron chi connectivity index (χ0n) is 11.9. The molecule has 0 saturated carbocycles. The third kappa shape index (κ3) is 2.22. The predicted octanol–water partition coefficient (Wildman–Crippen LogP) is 2.80. The highest BCUT2D eigenvalue weighted by Gasteiger charge is 2.37. The van der Waals surface area contributed by atoms with Gasteiger partial charge in [-0.25, -0.2) is 0 Å². The van der Waals surface area contributed by atoms with Crippen LogP contribution in [0.4, 0.5) is 0 Å². The van der Waals surface area contributed by atoms with Crippen LogP contribution in [0.15, 0.2) is 24.5 Å². The minimum absolute atomic E-state index is 0.444. The van der Waals surface area contributed by atoms with Crippen LogP contribution in [-0.4, -0.2) is 43.8 Å². The van der Waals surface area contributed by atoms with E-state index in [0.29, 0.717) is 12.1 Å². The van der Waals surface area contributed by atoms with Gasteiger partial charge in [-0.3, -0.25) is 19.5 Å². The molecule has 2 unspecified atom stereocenters. The third-order valence-corrected chi connectivity index (χ3v) is 5.08. The molecule has 2 aliphatic rings. The van der Waals surface area contributed by atoms with Crippen molar-refractivity contribution in [2.45, 2.75) is 37.8 Å². The van der Waals surface area contributed by atoms with E-state index in [1.165, 1.54) is 32.4 Å². The minimum atomic E-state index is 0.444. The van der Waals surface area contributed by atoms with Gasteiger partial charge in [-0.15, -0.1) is 0 Å². The van der Waals surface area contributed by atoms with Crippen LogP contribution < -0.4 is 0 Å². The number of hydrogen-bond donors (Lipinski definition) is 1. The van der Waals surface area contributed by atoms with Crippen LogP contribution in [0, 0.1) is 4.77 Å². The summed E-state index contributed by atoms with van der Waals surface area (Å²) in [6, 6.07) is 5.05. The number of piperidine rings is 1. The monoisotopic (exact) mass is 301 g/mol. The average molecular weight is 301 g/mol. The molecule has 0 spiro atoms. The fourth-order valence-electron chi connectivity index (χ4n) is 3.84. The maximum Gasteiger partial charge on any atom is 0.195 e. The maximum absolute atomic E-state index is 5.51. The number of rotatable bonds is 2. The van der Waals surface area contributed by atoms with Crippen LogP contribution in [0.3, 0.4) is 0 Å². The van der Waals surface area contributed by atoms with E-state index in [4.69, 9.17) is 12.2 Å². The SMILES string of the molecule is S=c1[nH]nc(-c2ccncc2)n1C1CCN2CCCCC12. The molecule has 2 aromatic heterocycles. The summed E-state index contributed by atoms with van der Waals surface area (Å²) in [5.74, 6) is 0.944. The Kier molecular flexibility index (Phi) is 3.35. The number of nitrogens with zero attached hydrogens (tertiary/aromatic N) is 4. The highest BCUT2D eigenvalue weighted by molar-refractivity contribution is 7.71. The first-order chi connectivity index (χ1) is 10.3. The molecule has 0 aromatic carbocycles. The summed E-state index contributed by atoms with van der Waals surface area (Å²) in [6.07, 6.45) is 8.70. The second-order valence-electron chi connectivity index (χ2n) is 5.91. The molecule has 5 nitrogen and oxygen atoms in total. The van der Waals surface area contributed by atoms with Gasteiger partial charge in [-0.05, 0) is 50.2 Å². The predicted molar refractivity (Wildman–Crippen MR) is 83.5 cm³/mol. The van der Waals surface area contributed by atoms with Crippen LogP contribution in [0.1, 0.15) is 31.7 Å². The second-order valence-corrected chi connectivity index (χ2v) is 6.30. The van der Waals surface area contributed by atoms with Crippen molar-refractivity contribution in [2.24, 2.45) is 0 Å². The molecule has 2 aliphatic heterocycles. The van der Waals surface area contributed by atoms with Gasteiger partial charge >= 0.3 is 0 Å². The van der Waals surface area contributed by atoms with E-state index in [0.717, 1.165) is 22.6 Å². The number of fused-ring (bicyclic) bond motifs is 1. The van der Waals surface area contributed by atoms with Gasteiger partial charge in [0.25, 0.3) is 0 Å². The lowest BCUT2D eigenvalue weighted by molar-refractivity contribution is 0.173. The number of H-pyrrole nitrogens is 1.